The number of amides is 1. The van der Waals surface area contributed by atoms with Gasteiger partial charge in [0.05, 0.1) is 0 Å². The van der Waals surface area contributed by atoms with Gasteiger partial charge in [0.25, 0.3) is 0 Å². The van der Waals surface area contributed by atoms with E-state index in [-0.39, 0.29) is 12.6 Å². The van der Waals surface area contributed by atoms with E-state index in [1.807, 2.05) is 0 Å². The Morgan fingerprint density at radius 1 is 1.56 bits per heavy atom. The topological polar surface area (TPSA) is 73.9 Å². The van der Waals surface area contributed by atoms with Crippen molar-refractivity contribution in [3.63, 3.8) is 0 Å². The lowest BCUT2D eigenvalue weighted by molar-refractivity contribution is -0.0236. The molecule has 0 spiro atoms. The summed E-state index contributed by atoms with van der Waals surface area (Å²) >= 11 is 0. The van der Waals surface area contributed by atoms with E-state index in [2.05, 4.69) is 5.32 Å². The zero-order valence-electron chi connectivity index (χ0n) is 11.1. The van der Waals surface area contributed by atoms with Gasteiger partial charge in [-0.15, -0.1) is 0 Å². The second-order valence-electron chi connectivity index (χ2n) is 4.92. The van der Waals surface area contributed by atoms with Crippen molar-refractivity contribution >= 4 is 12.2 Å². The summed E-state index contributed by atoms with van der Waals surface area (Å²) in [6.45, 7) is 7.21. The predicted octanol–water partition coefficient (Wildman–Crippen LogP) is 1.99. The van der Waals surface area contributed by atoms with Crippen LogP contribution in [-0.4, -0.2) is 36.6 Å². The van der Waals surface area contributed by atoms with Gasteiger partial charge in [-0.1, -0.05) is 6.08 Å². The summed E-state index contributed by atoms with van der Waals surface area (Å²) in [6, 6.07) is -0.388. The molecule has 1 fully saturated rings. The number of cyclic esters (lactones) is 1. The van der Waals surface area contributed by atoms with Crippen molar-refractivity contribution < 1.29 is 23.8 Å². The SMILES string of the molecule is C/C=C/[C@@H](OC(=O)OC(C)(C)C)[C@@H]1COC(=O)N1. The fraction of sp³-hybridized carbons (Fsp3) is 0.667. The minimum Gasteiger partial charge on any atom is -0.447 e. The molecule has 0 radical (unpaired) electrons. The van der Waals surface area contributed by atoms with Crippen molar-refractivity contribution in [2.45, 2.75) is 45.4 Å². The van der Waals surface area contributed by atoms with Crippen molar-refractivity contribution in [3.8, 4) is 0 Å². The van der Waals surface area contributed by atoms with Gasteiger partial charge >= 0.3 is 12.2 Å². The molecule has 1 amide bonds. The molecule has 0 aromatic carbocycles. The summed E-state index contributed by atoms with van der Waals surface area (Å²) in [5.41, 5.74) is -0.618. The highest BCUT2D eigenvalue weighted by Gasteiger charge is 2.32. The summed E-state index contributed by atoms with van der Waals surface area (Å²) in [6.07, 6.45) is 1.52. The van der Waals surface area contributed by atoms with Crippen LogP contribution in [-0.2, 0) is 14.2 Å². The molecule has 0 bridgehead atoms. The molecule has 1 saturated heterocycles. The van der Waals surface area contributed by atoms with Gasteiger partial charge in [-0.3, -0.25) is 0 Å². The molecule has 6 nitrogen and oxygen atoms in total. The van der Waals surface area contributed by atoms with Gasteiger partial charge in [0.1, 0.15) is 24.4 Å². The lowest BCUT2D eigenvalue weighted by Gasteiger charge is -2.23. The molecular formula is C12H19NO5. The molecule has 1 N–H and O–H groups in total. The predicted molar refractivity (Wildman–Crippen MR) is 64.2 cm³/mol. The Morgan fingerprint density at radius 3 is 2.67 bits per heavy atom. The molecule has 0 aromatic heterocycles. The van der Waals surface area contributed by atoms with E-state index in [0.29, 0.717) is 0 Å². The van der Waals surface area contributed by atoms with Crippen LogP contribution in [0, 0.1) is 0 Å². The number of ether oxygens (including phenoxy) is 3. The normalized spacial score (nSPS) is 21.3. The first-order valence-corrected chi connectivity index (χ1v) is 5.77. The van der Waals surface area contributed by atoms with E-state index in [4.69, 9.17) is 14.2 Å². The van der Waals surface area contributed by atoms with Crippen molar-refractivity contribution in [2.75, 3.05) is 6.61 Å². The Kier molecular flexibility index (Phi) is 4.58. The fourth-order valence-corrected chi connectivity index (χ4v) is 1.41. The van der Waals surface area contributed by atoms with Gasteiger partial charge in [-0.2, -0.15) is 0 Å². The molecule has 6 heteroatoms. The number of nitrogens with one attached hydrogen (secondary N) is 1. The Hall–Kier alpha value is -1.72. The van der Waals surface area contributed by atoms with E-state index >= 15 is 0 Å². The smallest absolute Gasteiger partial charge is 0.447 e. The Labute approximate surface area is 106 Å². The first kappa shape index (κ1) is 14.3. The zero-order chi connectivity index (χ0) is 13.8. The largest absolute Gasteiger partial charge is 0.509 e. The van der Waals surface area contributed by atoms with E-state index in [1.165, 1.54) is 0 Å². The van der Waals surface area contributed by atoms with Crippen molar-refractivity contribution in [1.29, 1.82) is 0 Å². The van der Waals surface area contributed by atoms with Crippen LogP contribution in [0.25, 0.3) is 0 Å². The van der Waals surface area contributed by atoms with E-state index in [1.54, 1.807) is 39.8 Å². The van der Waals surface area contributed by atoms with Crippen LogP contribution < -0.4 is 5.32 Å². The first-order valence-electron chi connectivity index (χ1n) is 5.77. The number of hydrogen-bond acceptors (Lipinski definition) is 5. The van der Waals surface area contributed by atoms with Crippen LogP contribution in [0.2, 0.25) is 0 Å². The summed E-state index contributed by atoms with van der Waals surface area (Å²) in [7, 11) is 0. The van der Waals surface area contributed by atoms with Gasteiger partial charge in [0.15, 0.2) is 0 Å². The van der Waals surface area contributed by atoms with Gasteiger partial charge < -0.3 is 19.5 Å². The lowest BCUT2D eigenvalue weighted by atomic mass is 10.1. The summed E-state index contributed by atoms with van der Waals surface area (Å²) in [5, 5.41) is 2.56. The maximum atomic E-state index is 11.6. The number of carbonyl (C=O) groups excluding carboxylic acids is 2. The molecule has 1 aliphatic rings. The van der Waals surface area contributed by atoms with Gasteiger partial charge in [-0.05, 0) is 33.8 Å². The van der Waals surface area contributed by atoms with Crippen LogP contribution in [0.3, 0.4) is 0 Å². The number of rotatable bonds is 3. The molecule has 0 unspecified atom stereocenters. The molecule has 1 rings (SSSR count). The minimum atomic E-state index is -0.772. The molecule has 1 heterocycles. The van der Waals surface area contributed by atoms with Crippen molar-refractivity contribution in [2.24, 2.45) is 0 Å². The Balaban J connectivity index is 2.58. The maximum Gasteiger partial charge on any atom is 0.509 e. The molecule has 0 saturated carbocycles. The highest BCUT2D eigenvalue weighted by molar-refractivity contribution is 5.70. The second kappa shape index (κ2) is 5.75. The van der Waals surface area contributed by atoms with Crippen LogP contribution >= 0.6 is 0 Å². The van der Waals surface area contributed by atoms with Crippen molar-refractivity contribution in [3.05, 3.63) is 12.2 Å². The maximum absolute atomic E-state index is 11.6. The quantitative estimate of drug-likeness (QED) is 0.618. The summed E-state index contributed by atoms with van der Waals surface area (Å²) < 4.78 is 15.0. The Bertz CT molecular complexity index is 345. The van der Waals surface area contributed by atoms with Crippen molar-refractivity contribution in [1.82, 2.24) is 5.32 Å². The monoisotopic (exact) mass is 257 g/mol. The highest BCUT2D eigenvalue weighted by Crippen LogP contribution is 2.13. The minimum absolute atomic E-state index is 0.163. The van der Waals surface area contributed by atoms with E-state index in [9.17, 15) is 9.59 Å². The molecular weight excluding hydrogens is 238 g/mol. The van der Waals surface area contributed by atoms with Gasteiger partial charge in [0.2, 0.25) is 0 Å². The van der Waals surface area contributed by atoms with E-state index in [0.717, 1.165) is 0 Å². The molecule has 2 atom stereocenters. The lowest BCUT2D eigenvalue weighted by Crippen LogP contribution is -2.40. The standard InChI is InChI=1S/C12H19NO5/c1-5-6-9(8-7-16-10(14)13-8)17-11(15)18-12(2,3)4/h5-6,8-9H,7H2,1-4H3,(H,13,14)/b6-5+/t8-,9+/m0/s1. The number of allylic oxidation sites excluding steroid dienone is 1. The van der Waals surface area contributed by atoms with E-state index < -0.39 is 24.0 Å². The number of alkyl carbamates (subject to hydrolysis) is 1. The van der Waals surface area contributed by atoms with Crippen LogP contribution in [0.4, 0.5) is 9.59 Å². The third kappa shape index (κ3) is 4.65. The van der Waals surface area contributed by atoms with Crippen LogP contribution in [0.15, 0.2) is 12.2 Å². The number of carbonyl (C=O) groups is 2. The van der Waals surface area contributed by atoms with Crippen LogP contribution in [0.5, 0.6) is 0 Å². The zero-order valence-corrected chi connectivity index (χ0v) is 11.1. The highest BCUT2D eigenvalue weighted by atomic mass is 16.7. The molecule has 0 aliphatic carbocycles. The molecule has 102 valence electrons. The Morgan fingerprint density at radius 2 is 2.22 bits per heavy atom. The molecule has 18 heavy (non-hydrogen) atoms. The fourth-order valence-electron chi connectivity index (χ4n) is 1.41. The van der Waals surface area contributed by atoms with Gasteiger partial charge in [0, 0.05) is 0 Å². The average Bonchev–Trinajstić information content (AvgIpc) is 2.61. The molecule has 0 aromatic rings. The second-order valence-corrected chi connectivity index (χ2v) is 4.92. The first-order chi connectivity index (χ1) is 8.31. The average molecular weight is 257 g/mol. The third-order valence-corrected chi connectivity index (χ3v) is 2.10. The van der Waals surface area contributed by atoms with Gasteiger partial charge in [-0.25, -0.2) is 9.59 Å². The summed E-state index contributed by atoms with van der Waals surface area (Å²) in [5.74, 6) is 0. The molecule has 1 aliphatic heterocycles. The number of hydrogen-bond donors (Lipinski definition) is 1. The summed E-state index contributed by atoms with van der Waals surface area (Å²) in [4.78, 5) is 22.5. The third-order valence-electron chi connectivity index (χ3n) is 2.10. The van der Waals surface area contributed by atoms with Crippen LogP contribution in [0.1, 0.15) is 27.7 Å².